The maximum absolute atomic E-state index is 11.9. The normalized spacial score (nSPS) is 27.2. The highest BCUT2D eigenvalue weighted by atomic mass is 28.3. The van der Waals surface area contributed by atoms with Gasteiger partial charge in [-0.15, -0.1) is 0 Å². The standard InChI is InChI=1S/C15H25N5O5Si/c1-3-4-5-26(2)24-6-8-10(21)11(22)14(25-8)20-7-17-9-12(20)18-15(16)19-13(9)23/h7-8,10-11,14,21-22,26H,3-6H2,1-2H3,(H3,16,18,19,23)/t8-,10-,11-,14-,26?/m1/s1. The predicted octanol–water partition coefficient (Wildman–Crippen LogP) is -0.509. The molecule has 1 fully saturated rings. The number of nitrogens with zero attached hydrogens (tertiary/aromatic N) is 3. The number of nitrogens with one attached hydrogen (secondary N) is 1. The van der Waals surface area contributed by atoms with E-state index in [2.05, 4.69) is 28.4 Å². The number of aromatic amines is 1. The van der Waals surface area contributed by atoms with Crippen molar-refractivity contribution in [2.75, 3.05) is 12.3 Å². The van der Waals surface area contributed by atoms with Gasteiger partial charge in [0.2, 0.25) is 5.95 Å². The third-order valence-corrected chi connectivity index (χ3v) is 6.55. The van der Waals surface area contributed by atoms with Crippen LogP contribution in [-0.4, -0.2) is 63.7 Å². The maximum atomic E-state index is 11.9. The Labute approximate surface area is 151 Å². The minimum Gasteiger partial charge on any atom is -0.418 e. The molecular weight excluding hydrogens is 358 g/mol. The van der Waals surface area contributed by atoms with Gasteiger partial charge in [0.25, 0.3) is 5.56 Å². The fraction of sp³-hybridized carbons (Fsp3) is 0.667. The molecule has 2 aromatic heterocycles. The van der Waals surface area contributed by atoms with Gasteiger partial charge in [0, 0.05) is 0 Å². The summed E-state index contributed by atoms with van der Waals surface area (Å²) in [7, 11) is -1.33. The van der Waals surface area contributed by atoms with Crippen LogP contribution in [-0.2, 0) is 9.16 Å². The zero-order valence-electron chi connectivity index (χ0n) is 14.8. The van der Waals surface area contributed by atoms with Gasteiger partial charge in [-0.25, -0.2) is 4.98 Å². The van der Waals surface area contributed by atoms with Crippen molar-refractivity contribution < 1.29 is 19.4 Å². The number of nitrogens with two attached hydrogens (primary N) is 1. The van der Waals surface area contributed by atoms with E-state index in [1.165, 1.54) is 10.9 Å². The number of hydrogen-bond acceptors (Lipinski definition) is 8. The van der Waals surface area contributed by atoms with Gasteiger partial charge in [0.1, 0.15) is 18.3 Å². The van der Waals surface area contributed by atoms with Crippen LogP contribution < -0.4 is 11.3 Å². The second-order valence-electron chi connectivity index (χ2n) is 6.61. The van der Waals surface area contributed by atoms with Gasteiger partial charge < -0.3 is 25.1 Å². The zero-order chi connectivity index (χ0) is 18.8. The molecule has 1 aliphatic rings. The van der Waals surface area contributed by atoms with Gasteiger partial charge in [-0.05, 0) is 12.6 Å². The Bertz CT molecular complexity index is 811. The van der Waals surface area contributed by atoms with Gasteiger partial charge >= 0.3 is 0 Å². The van der Waals surface area contributed by atoms with Crippen LogP contribution in [0.1, 0.15) is 26.0 Å². The predicted molar refractivity (Wildman–Crippen MR) is 97.2 cm³/mol. The van der Waals surface area contributed by atoms with E-state index in [9.17, 15) is 15.0 Å². The van der Waals surface area contributed by atoms with Crippen molar-refractivity contribution in [3.63, 3.8) is 0 Å². The lowest BCUT2D eigenvalue weighted by molar-refractivity contribution is -0.0479. The van der Waals surface area contributed by atoms with Crippen LogP contribution in [0.4, 0.5) is 5.95 Å². The Balaban J connectivity index is 1.75. The number of unbranched alkanes of at least 4 members (excludes halogenated alkanes) is 1. The molecule has 0 aliphatic carbocycles. The molecule has 2 aromatic rings. The molecular formula is C15H25N5O5Si. The van der Waals surface area contributed by atoms with Crippen molar-refractivity contribution in [2.45, 2.75) is 56.9 Å². The lowest BCUT2D eigenvalue weighted by Crippen LogP contribution is -2.35. The smallest absolute Gasteiger partial charge is 0.280 e. The first-order chi connectivity index (χ1) is 12.4. The minimum absolute atomic E-state index is 0.0621. The van der Waals surface area contributed by atoms with Crippen molar-refractivity contribution in [3.8, 4) is 0 Å². The van der Waals surface area contributed by atoms with E-state index >= 15 is 0 Å². The van der Waals surface area contributed by atoms with Crippen LogP contribution in [0.5, 0.6) is 0 Å². The van der Waals surface area contributed by atoms with Gasteiger partial charge in [-0.2, -0.15) is 4.98 Å². The fourth-order valence-electron chi connectivity index (χ4n) is 3.06. The first-order valence-electron chi connectivity index (χ1n) is 8.77. The zero-order valence-corrected chi connectivity index (χ0v) is 16.0. The SMILES string of the molecule is CCCC[SiH](C)OC[C@H]1O[C@@H](n2cnc3c(=O)[nH]c(N)nc32)[C@H](O)[C@@H]1O. The first kappa shape index (κ1) is 19.0. The number of imidazole rings is 1. The van der Waals surface area contributed by atoms with Crippen molar-refractivity contribution in [2.24, 2.45) is 0 Å². The molecule has 5 atom stereocenters. The van der Waals surface area contributed by atoms with Crippen LogP contribution in [0.3, 0.4) is 0 Å². The highest BCUT2D eigenvalue weighted by molar-refractivity contribution is 6.50. The van der Waals surface area contributed by atoms with E-state index < -0.39 is 39.1 Å². The third-order valence-electron chi connectivity index (χ3n) is 4.57. The van der Waals surface area contributed by atoms with Gasteiger partial charge in [0.15, 0.2) is 26.4 Å². The Morgan fingerprint density at radius 1 is 1.46 bits per heavy atom. The number of anilines is 1. The molecule has 11 heteroatoms. The summed E-state index contributed by atoms with van der Waals surface area (Å²) < 4.78 is 13.1. The summed E-state index contributed by atoms with van der Waals surface area (Å²) in [6.07, 6.45) is -0.314. The maximum Gasteiger partial charge on any atom is 0.280 e. The lowest BCUT2D eigenvalue weighted by Gasteiger charge is -2.18. The summed E-state index contributed by atoms with van der Waals surface area (Å²) in [5.74, 6) is -0.0621. The molecule has 0 aromatic carbocycles. The quantitative estimate of drug-likeness (QED) is 0.467. The summed E-state index contributed by atoms with van der Waals surface area (Å²) in [4.78, 5) is 22.3. The first-order valence-corrected chi connectivity index (χ1v) is 11.2. The van der Waals surface area contributed by atoms with Crippen LogP contribution >= 0.6 is 0 Å². The second kappa shape index (κ2) is 7.84. The van der Waals surface area contributed by atoms with Crippen molar-refractivity contribution in [3.05, 3.63) is 16.7 Å². The number of aliphatic hydroxyl groups is 2. The number of nitrogen functional groups attached to an aromatic ring is 1. The molecule has 3 rings (SSSR count). The number of fused-ring (bicyclic) bond motifs is 1. The number of aromatic nitrogens is 4. The molecule has 0 bridgehead atoms. The summed E-state index contributed by atoms with van der Waals surface area (Å²) in [5, 5.41) is 20.7. The van der Waals surface area contributed by atoms with Crippen LogP contribution in [0.15, 0.2) is 11.1 Å². The van der Waals surface area contributed by atoms with Crippen LogP contribution in [0.25, 0.3) is 11.2 Å². The summed E-state index contributed by atoms with van der Waals surface area (Å²) >= 11 is 0. The van der Waals surface area contributed by atoms with Gasteiger partial charge in [-0.3, -0.25) is 14.3 Å². The molecule has 5 N–H and O–H groups in total. The molecule has 1 aliphatic heterocycles. The minimum atomic E-state index is -1.33. The van der Waals surface area contributed by atoms with E-state index in [1.807, 2.05) is 0 Å². The molecule has 0 spiro atoms. The van der Waals surface area contributed by atoms with Crippen LogP contribution in [0, 0.1) is 0 Å². The molecule has 1 unspecified atom stereocenters. The topological polar surface area (TPSA) is 149 Å². The summed E-state index contributed by atoms with van der Waals surface area (Å²) in [6, 6.07) is 1.06. The van der Waals surface area contributed by atoms with E-state index in [-0.39, 0.29) is 23.7 Å². The largest absolute Gasteiger partial charge is 0.418 e. The molecule has 0 saturated carbocycles. The second-order valence-corrected chi connectivity index (χ2v) is 9.14. The molecule has 0 amide bonds. The number of aliphatic hydroxyl groups excluding tert-OH is 2. The Morgan fingerprint density at radius 3 is 2.96 bits per heavy atom. The average molecular weight is 383 g/mol. The van der Waals surface area contributed by atoms with E-state index in [0.717, 1.165) is 18.9 Å². The Kier molecular flexibility index (Phi) is 5.72. The molecule has 144 valence electrons. The number of rotatable bonds is 7. The number of H-pyrrole nitrogens is 1. The summed E-state index contributed by atoms with van der Waals surface area (Å²) in [6.45, 7) is 4.45. The monoisotopic (exact) mass is 383 g/mol. The lowest BCUT2D eigenvalue weighted by atomic mass is 10.1. The number of ether oxygens (including phenoxy) is 1. The third kappa shape index (κ3) is 3.66. The van der Waals surface area contributed by atoms with Crippen molar-refractivity contribution in [1.82, 2.24) is 19.5 Å². The molecule has 3 heterocycles. The van der Waals surface area contributed by atoms with Crippen molar-refractivity contribution in [1.29, 1.82) is 0 Å². The fourth-order valence-corrected chi connectivity index (χ4v) is 4.73. The van der Waals surface area contributed by atoms with Crippen LogP contribution in [0.2, 0.25) is 12.6 Å². The highest BCUT2D eigenvalue weighted by Crippen LogP contribution is 2.31. The molecule has 1 saturated heterocycles. The van der Waals surface area contributed by atoms with Gasteiger partial charge in [-0.1, -0.05) is 19.8 Å². The van der Waals surface area contributed by atoms with Crippen molar-refractivity contribution >= 4 is 26.2 Å². The number of hydrogen-bond donors (Lipinski definition) is 4. The van der Waals surface area contributed by atoms with Gasteiger partial charge in [0.05, 0.1) is 12.9 Å². The summed E-state index contributed by atoms with van der Waals surface area (Å²) in [5.41, 5.74) is 5.39. The Morgan fingerprint density at radius 2 is 2.23 bits per heavy atom. The molecule has 26 heavy (non-hydrogen) atoms. The molecule has 10 nitrogen and oxygen atoms in total. The van der Waals surface area contributed by atoms with E-state index in [1.54, 1.807) is 0 Å². The Hall–Kier alpha value is -1.79. The highest BCUT2D eigenvalue weighted by Gasteiger charge is 2.44. The average Bonchev–Trinajstić information content (AvgIpc) is 3.13. The van der Waals surface area contributed by atoms with E-state index in [4.69, 9.17) is 14.9 Å². The molecule has 0 radical (unpaired) electrons. The van der Waals surface area contributed by atoms with E-state index in [0.29, 0.717) is 0 Å².